The second kappa shape index (κ2) is 4.90. The molecule has 1 N–H and O–H groups in total. The molecule has 0 saturated carbocycles. The molecule has 1 rings (SSSR count). The lowest BCUT2D eigenvalue weighted by Gasteiger charge is -2.14. The fourth-order valence-electron chi connectivity index (χ4n) is 1.27. The SMILES string of the molecule is CC(C)=CCCNC1=NCCN1C. The number of hydrogen-bond acceptors (Lipinski definition) is 3. The number of allylic oxidation sites excluding steroid dienone is 1. The van der Waals surface area contributed by atoms with Crippen LogP contribution >= 0.6 is 0 Å². The highest BCUT2D eigenvalue weighted by molar-refractivity contribution is 5.81. The standard InChI is InChI=1S/C10H19N3/c1-9(2)5-4-6-11-10-12-7-8-13(10)3/h5H,4,6-8H2,1-3H3,(H,11,12). The number of nitrogens with one attached hydrogen (secondary N) is 1. The monoisotopic (exact) mass is 181 g/mol. The lowest BCUT2D eigenvalue weighted by Crippen LogP contribution is -2.35. The van der Waals surface area contributed by atoms with Crippen molar-refractivity contribution in [3.63, 3.8) is 0 Å². The van der Waals surface area contributed by atoms with Crippen molar-refractivity contribution in [2.75, 3.05) is 26.7 Å². The van der Waals surface area contributed by atoms with E-state index in [2.05, 4.69) is 42.2 Å². The van der Waals surface area contributed by atoms with Crippen LogP contribution in [0.3, 0.4) is 0 Å². The summed E-state index contributed by atoms with van der Waals surface area (Å²) in [7, 11) is 2.07. The Morgan fingerprint density at radius 3 is 2.92 bits per heavy atom. The normalized spacial score (nSPS) is 15.6. The predicted molar refractivity (Wildman–Crippen MR) is 57.0 cm³/mol. The molecule has 0 aromatic rings. The molecule has 1 aliphatic heterocycles. The van der Waals surface area contributed by atoms with Gasteiger partial charge < -0.3 is 10.2 Å². The molecule has 13 heavy (non-hydrogen) atoms. The minimum absolute atomic E-state index is 0.932. The number of nitrogens with zero attached hydrogens (tertiary/aromatic N) is 2. The van der Waals surface area contributed by atoms with E-state index in [1.54, 1.807) is 0 Å². The van der Waals surface area contributed by atoms with Crippen molar-refractivity contribution in [3.8, 4) is 0 Å². The van der Waals surface area contributed by atoms with Crippen molar-refractivity contribution in [2.45, 2.75) is 20.3 Å². The third-order valence-electron chi connectivity index (χ3n) is 2.04. The van der Waals surface area contributed by atoms with Crippen LogP contribution in [0.15, 0.2) is 16.6 Å². The molecule has 1 aliphatic rings. The Morgan fingerprint density at radius 2 is 2.38 bits per heavy atom. The van der Waals surface area contributed by atoms with Gasteiger partial charge in [0.25, 0.3) is 0 Å². The molecular formula is C10H19N3. The summed E-state index contributed by atoms with van der Waals surface area (Å²) in [5.74, 6) is 1.04. The van der Waals surface area contributed by atoms with E-state index in [1.165, 1.54) is 5.57 Å². The van der Waals surface area contributed by atoms with E-state index in [4.69, 9.17) is 0 Å². The summed E-state index contributed by atoms with van der Waals surface area (Å²) in [6, 6.07) is 0. The highest BCUT2D eigenvalue weighted by atomic mass is 15.3. The fourth-order valence-corrected chi connectivity index (χ4v) is 1.27. The maximum absolute atomic E-state index is 4.34. The van der Waals surface area contributed by atoms with Gasteiger partial charge >= 0.3 is 0 Å². The van der Waals surface area contributed by atoms with Crippen molar-refractivity contribution in [1.82, 2.24) is 10.2 Å². The van der Waals surface area contributed by atoms with Gasteiger partial charge in [-0.05, 0) is 20.3 Å². The van der Waals surface area contributed by atoms with Crippen LogP contribution in [0.1, 0.15) is 20.3 Å². The average molecular weight is 181 g/mol. The summed E-state index contributed by atoms with van der Waals surface area (Å²) in [6.07, 6.45) is 3.32. The molecule has 0 spiro atoms. The highest BCUT2D eigenvalue weighted by Gasteiger charge is 2.09. The van der Waals surface area contributed by atoms with Crippen LogP contribution in [0.4, 0.5) is 0 Å². The smallest absolute Gasteiger partial charge is 0.193 e. The number of aliphatic imine (C=N–C) groups is 1. The molecule has 1 heterocycles. The van der Waals surface area contributed by atoms with E-state index in [-0.39, 0.29) is 0 Å². The molecule has 0 fully saturated rings. The number of hydrogen-bond donors (Lipinski definition) is 1. The summed E-state index contributed by atoms with van der Waals surface area (Å²) in [5.41, 5.74) is 1.38. The molecule has 0 radical (unpaired) electrons. The second-order valence-electron chi connectivity index (χ2n) is 3.62. The molecule has 0 saturated heterocycles. The molecule has 0 unspecified atom stereocenters. The highest BCUT2D eigenvalue weighted by Crippen LogP contribution is 1.96. The van der Waals surface area contributed by atoms with E-state index < -0.39 is 0 Å². The summed E-state index contributed by atoms with van der Waals surface area (Å²) >= 11 is 0. The summed E-state index contributed by atoms with van der Waals surface area (Å²) in [4.78, 5) is 6.50. The lowest BCUT2D eigenvalue weighted by molar-refractivity contribution is 0.535. The first kappa shape index (κ1) is 10.1. The van der Waals surface area contributed by atoms with Gasteiger partial charge in [0.2, 0.25) is 0 Å². The average Bonchev–Trinajstić information content (AvgIpc) is 2.45. The Balaban J connectivity index is 2.16. The molecule has 0 aromatic heterocycles. The number of rotatable bonds is 3. The zero-order valence-electron chi connectivity index (χ0n) is 8.80. The van der Waals surface area contributed by atoms with Crippen molar-refractivity contribution < 1.29 is 0 Å². The van der Waals surface area contributed by atoms with Crippen LogP contribution in [-0.4, -0.2) is 37.5 Å². The van der Waals surface area contributed by atoms with Crippen LogP contribution in [0, 0.1) is 0 Å². The summed E-state index contributed by atoms with van der Waals surface area (Å²) < 4.78 is 0. The van der Waals surface area contributed by atoms with Gasteiger partial charge in [-0.1, -0.05) is 11.6 Å². The molecule has 0 bridgehead atoms. The Kier molecular flexibility index (Phi) is 3.80. The first-order chi connectivity index (χ1) is 6.20. The molecular weight excluding hydrogens is 162 g/mol. The largest absolute Gasteiger partial charge is 0.356 e. The first-order valence-electron chi connectivity index (χ1n) is 4.83. The van der Waals surface area contributed by atoms with E-state index in [0.717, 1.165) is 32.0 Å². The van der Waals surface area contributed by atoms with Crippen molar-refractivity contribution >= 4 is 5.96 Å². The second-order valence-corrected chi connectivity index (χ2v) is 3.62. The van der Waals surface area contributed by atoms with Gasteiger partial charge in [-0.2, -0.15) is 0 Å². The van der Waals surface area contributed by atoms with E-state index >= 15 is 0 Å². The summed E-state index contributed by atoms with van der Waals surface area (Å²) in [6.45, 7) is 7.21. The van der Waals surface area contributed by atoms with Crippen molar-refractivity contribution in [2.24, 2.45) is 4.99 Å². The summed E-state index contributed by atoms with van der Waals surface area (Å²) in [5, 5.41) is 3.32. The molecule has 74 valence electrons. The third kappa shape index (κ3) is 3.49. The minimum atomic E-state index is 0.932. The Bertz CT molecular complexity index is 214. The molecule has 0 atom stereocenters. The maximum Gasteiger partial charge on any atom is 0.193 e. The Hall–Kier alpha value is -0.990. The zero-order chi connectivity index (χ0) is 9.68. The van der Waals surface area contributed by atoms with E-state index in [0.29, 0.717) is 0 Å². The quantitative estimate of drug-likeness (QED) is 0.524. The van der Waals surface area contributed by atoms with Crippen LogP contribution < -0.4 is 5.32 Å². The Labute approximate surface area is 80.5 Å². The number of guanidine groups is 1. The lowest BCUT2D eigenvalue weighted by atomic mass is 10.3. The molecule has 0 aromatic carbocycles. The molecule has 0 aliphatic carbocycles. The van der Waals surface area contributed by atoms with Gasteiger partial charge in [0.15, 0.2) is 5.96 Å². The van der Waals surface area contributed by atoms with Gasteiger partial charge in [0.05, 0.1) is 6.54 Å². The first-order valence-corrected chi connectivity index (χ1v) is 4.83. The predicted octanol–water partition coefficient (Wildman–Crippen LogP) is 1.23. The molecule has 3 heteroatoms. The third-order valence-corrected chi connectivity index (χ3v) is 2.04. The fraction of sp³-hybridized carbons (Fsp3) is 0.700. The van der Waals surface area contributed by atoms with Crippen LogP contribution in [0.25, 0.3) is 0 Å². The van der Waals surface area contributed by atoms with E-state index in [1.807, 2.05) is 0 Å². The van der Waals surface area contributed by atoms with Gasteiger partial charge in [-0.15, -0.1) is 0 Å². The van der Waals surface area contributed by atoms with E-state index in [9.17, 15) is 0 Å². The zero-order valence-corrected chi connectivity index (χ0v) is 8.80. The topological polar surface area (TPSA) is 27.6 Å². The van der Waals surface area contributed by atoms with Crippen molar-refractivity contribution in [1.29, 1.82) is 0 Å². The van der Waals surface area contributed by atoms with Gasteiger partial charge in [-0.3, -0.25) is 4.99 Å². The molecule has 0 amide bonds. The van der Waals surface area contributed by atoms with Gasteiger partial charge in [-0.25, -0.2) is 0 Å². The minimum Gasteiger partial charge on any atom is -0.356 e. The van der Waals surface area contributed by atoms with Crippen LogP contribution in [0.2, 0.25) is 0 Å². The number of likely N-dealkylation sites (N-methyl/N-ethyl adjacent to an activating group) is 1. The van der Waals surface area contributed by atoms with Gasteiger partial charge in [0, 0.05) is 20.1 Å². The van der Waals surface area contributed by atoms with Crippen molar-refractivity contribution in [3.05, 3.63) is 11.6 Å². The van der Waals surface area contributed by atoms with Crippen LogP contribution in [0.5, 0.6) is 0 Å². The van der Waals surface area contributed by atoms with Gasteiger partial charge in [0.1, 0.15) is 0 Å². The maximum atomic E-state index is 4.34. The van der Waals surface area contributed by atoms with Crippen LogP contribution in [-0.2, 0) is 0 Å². The Morgan fingerprint density at radius 1 is 1.62 bits per heavy atom. The molecule has 3 nitrogen and oxygen atoms in total.